The van der Waals surface area contributed by atoms with Crippen molar-refractivity contribution in [2.24, 2.45) is 0 Å². The number of fused-ring (bicyclic) bond motifs is 1. The number of epoxide rings is 1. The molecule has 0 bridgehead atoms. The molecule has 1 N–H and O–H groups in total. The topological polar surface area (TPSA) is 69.7 Å². The molecule has 6 nitrogen and oxygen atoms in total. The summed E-state index contributed by atoms with van der Waals surface area (Å²) in [4.78, 5) is 0. The van der Waals surface area contributed by atoms with Gasteiger partial charge >= 0.3 is 0 Å². The second kappa shape index (κ2) is 4.22. The highest BCUT2D eigenvalue weighted by Gasteiger charge is 2.43. The molecule has 0 aromatic heterocycles. The average Bonchev–Trinajstić information content (AvgIpc) is 3.05. The molecule has 0 radical (unpaired) electrons. The quantitative estimate of drug-likeness (QED) is 0.804. The van der Waals surface area contributed by atoms with E-state index < -0.39 is 0 Å². The number of hydrogen-bond acceptors (Lipinski definition) is 6. The number of hydrogen-bond donors (Lipinski definition) is 1. The molecule has 0 amide bonds. The summed E-state index contributed by atoms with van der Waals surface area (Å²) in [5.41, 5.74) is 0.803. The number of rotatable bonds is 4. The van der Waals surface area contributed by atoms with Crippen molar-refractivity contribution in [1.29, 1.82) is 0 Å². The molecule has 1 fully saturated rings. The van der Waals surface area contributed by atoms with Gasteiger partial charge in [0.1, 0.15) is 12.2 Å². The number of ether oxygens (including phenoxy) is 5. The van der Waals surface area contributed by atoms with Crippen molar-refractivity contribution < 1.29 is 28.8 Å². The Hall–Kier alpha value is -1.66. The standard InChI is InChI=1S/C12H14O6/c1-14-10-6(9-8(4-13)18-9)3-7-11(12(10)15-2)17-5-16-7/h3,8-9,13H,4-5H2,1-2H3. The van der Waals surface area contributed by atoms with Gasteiger partial charge in [-0.05, 0) is 6.07 Å². The van der Waals surface area contributed by atoms with Crippen molar-refractivity contribution in [1.82, 2.24) is 0 Å². The Kier molecular flexibility index (Phi) is 2.68. The highest BCUT2D eigenvalue weighted by atomic mass is 16.7. The molecule has 1 aromatic rings. The first-order chi connectivity index (χ1) is 8.80. The summed E-state index contributed by atoms with van der Waals surface area (Å²) in [7, 11) is 3.10. The van der Waals surface area contributed by atoms with E-state index in [0.717, 1.165) is 5.56 Å². The molecular formula is C12H14O6. The molecule has 18 heavy (non-hydrogen) atoms. The Bertz CT molecular complexity index is 472. The molecule has 0 spiro atoms. The summed E-state index contributed by atoms with van der Waals surface area (Å²) in [6.45, 7) is 0.137. The monoisotopic (exact) mass is 254 g/mol. The smallest absolute Gasteiger partial charge is 0.231 e. The summed E-state index contributed by atoms with van der Waals surface area (Å²) in [6.07, 6.45) is -0.377. The molecule has 6 heteroatoms. The van der Waals surface area contributed by atoms with E-state index in [4.69, 9.17) is 28.8 Å². The van der Waals surface area contributed by atoms with Crippen molar-refractivity contribution >= 4 is 0 Å². The molecule has 1 aromatic carbocycles. The van der Waals surface area contributed by atoms with Crippen LogP contribution in [0.25, 0.3) is 0 Å². The second-order valence-corrected chi connectivity index (χ2v) is 4.04. The minimum Gasteiger partial charge on any atom is -0.492 e. The number of benzene rings is 1. The van der Waals surface area contributed by atoms with Crippen LogP contribution in [-0.2, 0) is 4.74 Å². The van der Waals surface area contributed by atoms with Gasteiger partial charge in [0.2, 0.25) is 18.3 Å². The van der Waals surface area contributed by atoms with Crippen LogP contribution in [0.3, 0.4) is 0 Å². The van der Waals surface area contributed by atoms with Crippen molar-refractivity contribution in [3.8, 4) is 23.0 Å². The minimum absolute atomic E-state index is 0.0232. The van der Waals surface area contributed by atoms with Gasteiger partial charge in [-0.1, -0.05) is 0 Å². The largest absolute Gasteiger partial charge is 0.492 e. The fraction of sp³-hybridized carbons (Fsp3) is 0.500. The highest BCUT2D eigenvalue weighted by Crippen LogP contribution is 2.54. The molecule has 2 unspecified atom stereocenters. The van der Waals surface area contributed by atoms with Gasteiger partial charge in [0, 0.05) is 5.56 Å². The van der Waals surface area contributed by atoms with Crippen molar-refractivity contribution in [2.45, 2.75) is 12.2 Å². The van der Waals surface area contributed by atoms with Crippen LogP contribution in [0.4, 0.5) is 0 Å². The summed E-state index contributed by atoms with van der Waals surface area (Å²) in [5, 5.41) is 9.07. The Morgan fingerprint density at radius 1 is 1.28 bits per heavy atom. The molecule has 2 heterocycles. The van der Waals surface area contributed by atoms with Gasteiger partial charge in [-0.25, -0.2) is 0 Å². The summed E-state index contributed by atoms with van der Waals surface area (Å²) < 4.78 is 26.8. The second-order valence-electron chi connectivity index (χ2n) is 4.04. The van der Waals surface area contributed by atoms with Gasteiger partial charge in [-0.3, -0.25) is 0 Å². The molecular weight excluding hydrogens is 240 g/mol. The molecule has 2 aliphatic heterocycles. The minimum atomic E-state index is -0.191. The zero-order chi connectivity index (χ0) is 12.7. The Labute approximate surface area is 104 Å². The predicted octanol–water partition coefficient (Wildman–Crippen LogP) is 0.865. The number of methoxy groups -OCH3 is 2. The van der Waals surface area contributed by atoms with Crippen LogP contribution in [0.1, 0.15) is 11.7 Å². The normalized spacial score (nSPS) is 23.9. The van der Waals surface area contributed by atoms with Crippen molar-refractivity contribution in [3.63, 3.8) is 0 Å². The van der Waals surface area contributed by atoms with Crippen LogP contribution in [0.5, 0.6) is 23.0 Å². The van der Waals surface area contributed by atoms with Gasteiger partial charge in [-0.15, -0.1) is 0 Å². The Balaban J connectivity index is 2.08. The first-order valence-electron chi connectivity index (χ1n) is 5.61. The van der Waals surface area contributed by atoms with E-state index in [9.17, 15) is 0 Å². The fourth-order valence-electron chi connectivity index (χ4n) is 2.18. The summed E-state index contributed by atoms with van der Waals surface area (Å²) in [6, 6.07) is 1.81. The van der Waals surface area contributed by atoms with Crippen molar-refractivity contribution in [2.75, 3.05) is 27.6 Å². The molecule has 1 saturated heterocycles. The molecule has 2 aliphatic rings. The number of aliphatic hydroxyl groups excluding tert-OH is 1. The zero-order valence-electron chi connectivity index (χ0n) is 10.1. The lowest BCUT2D eigenvalue weighted by molar-refractivity contribution is 0.170. The first-order valence-corrected chi connectivity index (χ1v) is 5.61. The summed E-state index contributed by atoms with van der Waals surface area (Å²) >= 11 is 0. The number of aliphatic hydroxyl groups is 1. The molecule has 0 saturated carbocycles. The maximum Gasteiger partial charge on any atom is 0.231 e. The third kappa shape index (κ3) is 1.57. The van der Waals surface area contributed by atoms with Crippen LogP contribution in [0.2, 0.25) is 0 Å². The van der Waals surface area contributed by atoms with E-state index in [1.807, 2.05) is 6.07 Å². The third-order valence-electron chi connectivity index (χ3n) is 3.08. The van der Waals surface area contributed by atoms with Gasteiger partial charge < -0.3 is 28.8 Å². The highest BCUT2D eigenvalue weighted by molar-refractivity contribution is 5.64. The van der Waals surface area contributed by atoms with Crippen molar-refractivity contribution in [3.05, 3.63) is 11.6 Å². The van der Waals surface area contributed by atoms with E-state index in [1.165, 1.54) is 0 Å². The van der Waals surface area contributed by atoms with Gasteiger partial charge in [-0.2, -0.15) is 0 Å². The van der Waals surface area contributed by atoms with E-state index >= 15 is 0 Å². The lowest BCUT2D eigenvalue weighted by Crippen LogP contribution is -2.00. The maximum atomic E-state index is 9.07. The first kappa shape index (κ1) is 11.4. The van der Waals surface area contributed by atoms with Crippen LogP contribution in [-0.4, -0.2) is 38.8 Å². The van der Waals surface area contributed by atoms with Crippen LogP contribution in [0.15, 0.2) is 6.07 Å². The van der Waals surface area contributed by atoms with Gasteiger partial charge in [0.05, 0.1) is 20.8 Å². The van der Waals surface area contributed by atoms with Crippen LogP contribution < -0.4 is 18.9 Å². The molecule has 2 atom stereocenters. The van der Waals surface area contributed by atoms with E-state index in [0.29, 0.717) is 23.0 Å². The van der Waals surface area contributed by atoms with E-state index in [1.54, 1.807) is 14.2 Å². The van der Waals surface area contributed by atoms with E-state index in [2.05, 4.69) is 0 Å². The summed E-state index contributed by atoms with van der Waals surface area (Å²) in [5.74, 6) is 2.20. The lowest BCUT2D eigenvalue weighted by Gasteiger charge is -2.13. The maximum absolute atomic E-state index is 9.07. The van der Waals surface area contributed by atoms with E-state index in [-0.39, 0.29) is 25.6 Å². The molecule has 3 rings (SSSR count). The van der Waals surface area contributed by atoms with Gasteiger partial charge in [0.25, 0.3) is 0 Å². The Morgan fingerprint density at radius 2 is 2.06 bits per heavy atom. The van der Waals surface area contributed by atoms with Crippen LogP contribution in [0, 0.1) is 0 Å². The lowest BCUT2D eigenvalue weighted by atomic mass is 10.1. The third-order valence-corrected chi connectivity index (χ3v) is 3.08. The molecule has 98 valence electrons. The zero-order valence-corrected chi connectivity index (χ0v) is 10.1. The van der Waals surface area contributed by atoms with Crippen LogP contribution >= 0.6 is 0 Å². The predicted molar refractivity (Wildman–Crippen MR) is 60.4 cm³/mol. The fourth-order valence-corrected chi connectivity index (χ4v) is 2.18. The average molecular weight is 254 g/mol. The molecule has 0 aliphatic carbocycles. The van der Waals surface area contributed by atoms with Gasteiger partial charge in [0.15, 0.2) is 11.5 Å². The SMILES string of the molecule is COc1c(C2OC2CO)cc2c(c1OC)OCO2. The Morgan fingerprint density at radius 3 is 2.67 bits per heavy atom.